The van der Waals surface area contributed by atoms with E-state index in [9.17, 15) is 18.7 Å². The average Bonchev–Trinajstić information content (AvgIpc) is 1.77. The Bertz CT molecular complexity index is 215. The van der Waals surface area contributed by atoms with Gasteiger partial charge in [-0.3, -0.25) is 4.79 Å². The van der Waals surface area contributed by atoms with Crippen LogP contribution in [0.2, 0.25) is 0 Å². The number of carbonyl (C=O) groups is 1. The molecule has 1 saturated heterocycles. The van der Waals surface area contributed by atoms with Crippen molar-refractivity contribution in [1.29, 1.82) is 0 Å². The Hall–Kier alpha value is -0.710. The number of rotatable bonds is 2. The van der Waals surface area contributed by atoms with E-state index in [-0.39, 0.29) is 6.42 Å². The van der Waals surface area contributed by atoms with E-state index in [2.05, 4.69) is 0 Å². The lowest BCUT2D eigenvalue weighted by Crippen LogP contribution is -2.59. The van der Waals surface area contributed by atoms with Gasteiger partial charge in [0.1, 0.15) is 0 Å². The topological polar surface area (TPSA) is 40.5 Å². The molecule has 5 heteroatoms. The second-order valence-corrected chi connectivity index (χ2v) is 4.09. The monoisotopic (exact) mass is 193 g/mol. The largest absolute Gasteiger partial charge is 0.390 e. The van der Waals surface area contributed by atoms with Gasteiger partial charge in [-0.25, -0.2) is 8.78 Å². The molecular weight excluding hydrogens is 180 g/mol. The SMILES string of the molecule is CC(C)(O)CC(=O)N1CC(F)(F)C1. The number of nitrogens with zero attached hydrogens (tertiary/aromatic N) is 1. The maximum Gasteiger partial charge on any atom is 0.282 e. The fourth-order valence-corrected chi connectivity index (χ4v) is 1.17. The van der Waals surface area contributed by atoms with E-state index in [1.165, 1.54) is 13.8 Å². The van der Waals surface area contributed by atoms with Crippen molar-refractivity contribution >= 4 is 5.91 Å². The first-order valence-electron chi connectivity index (χ1n) is 4.08. The molecule has 1 rings (SSSR count). The van der Waals surface area contributed by atoms with Crippen LogP contribution in [0.4, 0.5) is 8.78 Å². The lowest BCUT2D eigenvalue weighted by molar-refractivity contribution is -0.169. The van der Waals surface area contributed by atoms with E-state index in [1.807, 2.05) is 0 Å². The van der Waals surface area contributed by atoms with Crippen LogP contribution in [0.15, 0.2) is 0 Å². The summed E-state index contributed by atoms with van der Waals surface area (Å²) in [7, 11) is 0. The standard InChI is InChI=1S/C8H13F2NO2/c1-7(2,13)3-6(12)11-4-8(9,10)5-11/h13H,3-5H2,1-2H3. The molecule has 0 spiro atoms. The average molecular weight is 193 g/mol. The van der Waals surface area contributed by atoms with Crippen LogP contribution in [0, 0.1) is 0 Å². The fraction of sp³-hybridized carbons (Fsp3) is 0.875. The minimum absolute atomic E-state index is 0.108. The van der Waals surface area contributed by atoms with E-state index in [0.29, 0.717) is 0 Å². The number of halogens is 2. The summed E-state index contributed by atoms with van der Waals surface area (Å²) >= 11 is 0. The molecule has 0 aliphatic carbocycles. The molecule has 13 heavy (non-hydrogen) atoms. The smallest absolute Gasteiger partial charge is 0.282 e. The molecule has 3 nitrogen and oxygen atoms in total. The first kappa shape index (κ1) is 10.4. The molecule has 0 aromatic rings. The molecule has 0 aromatic heterocycles. The van der Waals surface area contributed by atoms with Crippen LogP contribution in [0.3, 0.4) is 0 Å². The van der Waals surface area contributed by atoms with Gasteiger partial charge >= 0.3 is 0 Å². The number of alkyl halides is 2. The van der Waals surface area contributed by atoms with Gasteiger partial charge in [-0.15, -0.1) is 0 Å². The molecule has 0 unspecified atom stereocenters. The van der Waals surface area contributed by atoms with E-state index >= 15 is 0 Å². The summed E-state index contributed by atoms with van der Waals surface area (Å²) in [5, 5.41) is 9.25. The third kappa shape index (κ3) is 2.91. The highest BCUT2D eigenvalue weighted by molar-refractivity contribution is 5.78. The van der Waals surface area contributed by atoms with Crippen LogP contribution < -0.4 is 0 Å². The van der Waals surface area contributed by atoms with E-state index in [1.54, 1.807) is 0 Å². The molecule has 0 atom stereocenters. The van der Waals surface area contributed by atoms with E-state index in [4.69, 9.17) is 0 Å². The fourth-order valence-electron chi connectivity index (χ4n) is 1.17. The predicted molar refractivity (Wildman–Crippen MR) is 42.4 cm³/mol. The zero-order valence-corrected chi connectivity index (χ0v) is 7.68. The molecule has 0 aromatic carbocycles. The van der Waals surface area contributed by atoms with Crippen LogP contribution in [-0.2, 0) is 4.79 Å². The Morgan fingerprint density at radius 1 is 1.54 bits per heavy atom. The van der Waals surface area contributed by atoms with Crippen molar-refractivity contribution in [3.05, 3.63) is 0 Å². The number of likely N-dealkylation sites (tertiary alicyclic amines) is 1. The minimum Gasteiger partial charge on any atom is -0.390 e. The third-order valence-electron chi connectivity index (χ3n) is 1.78. The molecule has 1 aliphatic rings. The predicted octanol–water partition coefficient (Wildman–Crippen LogP) is 0.625. The van der Waals surface area contributed by atoms with Crippen molar-refractivity contribution in [2.75, 3.05) is 13.1 Å². The van der Waals surface area contributed by atoms with Crippen molar-refractivity contribution in [2.24, 2.45) is 0 Å². The van der Waals surface area contributed by atoms with Gasteiger partial charge in [0.25, 0.3) is 5.92 Å². The van der Waals surface area contributed by atoms with Crippen LogP contribution in [-0.4, -0.2) is 40.5 Å². The second-order valence-electron chi connectivity index (χ2n) is 4.09. The summed E-state index contributed by atoms with van der Waals surface area (Å²) in [6.45, 7) is 1.93. The second kappa shape index (κ2) is 2.90. The molecule has 0 saturated carbocycles. The highest BCUT2D eigenvalue weighted by Gasteiger charge is 2.46. The summed E-state index contributed by atoms with van der Waals surface area (Å²) in [5.74, 6) is -3.15. The summed E-state index contributed by atoms with van der Waals surface area (Å²) in [6.07, 6.45) is -0.108. The van der Waals surface area contributed by atoms with Gasteiger partial charge in [-0.1, -0.05) is 0 Å². The quantitative estimate of drug-likeness (QED) is 0.698. The van der Waals surface area contributed by atoms with E-state index < -0.39 is 30.5 Å². The third-order valence-corrected chi connectivity index (χ3v) is 1.78. The lowest BCUT2D eigenvalue weighted by atomic mass is 10.0. The zero-order valence-electron chi connectivity index (χ0n) is 7.68. The van der Waals surface area contributed by atoms with Gasteiger partial charge in [0.15, 0.2) is 0 Å². The zero-order chi connectivity index (χ0) is 10.3. The van der Waals surface area contributed by atoms with Gasteiger partial charge < -0.3 is 10.0 Å². The highest BCUT2D eigenvalue weighted by Crippen LogP contribution is 2.27. The minimum atomic E-state index is -2.73. The molecular formula is C8H13F2NO2. The molecule has 1 N–H and O–H groups in total. The Balaban J connectivity index is 2.36. The number of amides is 1. The summed E-state index contributed by atoms with van der Waals surface area (Å²) in [5.41, 5.74) is -1.12. The van der Waals surface area contributed by atoms with Crippen LogP contribution in [0.1, 0.15) is 20.3 Å². The summed E-state index contributed by atoms with van der Waals surface area (Å²) < 4.78 is 24.7. The van der Waals surface area contributed by atoms with Gasteiger partial charge in [-0.05, 0) is 13.8 Å². The van der Waals surface area contributed by atoms with Crippen molar-refractivity contribution in [3.8, 4) is 0 Å². The van der Waals surface area contributed by atoms with Crippen molar-refractivity contribution in [2.45, 2.75) is 31.8 Å². The van der Waals surface area contributed by atoms with Gasteiger partial charge in [0, 0.05) is 0 Å². The summed E-state index contributed by atoms with van der Waals surface area (Å²) in [4.78, 5) is 12.2. The Labute approximate surface area is 75.3 Å². The van der Waals surface area contributed by atoms with Crippen molar-refractivity contribution in [3.63, 3.8) is 0 Å². The van der Waals surface area contributed by atoms with Gasteiger partial charge in [-0.2, -0.15) is 0 Å². The Morgan fingerprint density at radius 3 is 2.31 bits per heavy atom. The van der Waals surface area contributed by atoms with Crippen LogP contribution in [0.25, 0.3) is 0 Å². The first-order valence-corrected chi connectivity index (χ1v) is 4.08. The maximum absolute atomic E-state index is 12.3. The number of hydrogen-bond donors (Lipinski definition) is 1. The highest BCUT2D eigenvalue weighted by atomic mass is 19.3. The lowest BCUT2D eigenvalue weighted by Gasteiger charge is -2.39. The summed E-state index contributed by atoms with van der Waals surface area (Å²) in [6, 6.07) is 0. The normalized spacial score (nSPS) is 21.2. The number of aliphatic hydroxyl groups is 1. The van der Waals surface area contributed by atoms with Crippen LogP contribution in [0.5, 0.6) is 0 Å². The van der Waals surface area contributed by atoms with Gasteiger partial charge in [0.2, 0.25) is 5.91 Å². The first-order chi connectivity index (χ1) is 5.70. The van der Waals surface area contributed by atoms with Crippen LogP contribution >= 0.6 is 0 Å². The molecule has 1 aliphatic heterocycles. The Morgan fingerprint density at radius 2 is 2.00 bits per heavy atom. The van der Waals surface area contributed by atoms with Crippen molar-refractivity contribution in [1.82, 2.24) is 4.90 Å². The molecule has 1 amide bonds. The molecule has 1 heterocycles. The molecule has 1 fully saturated rings. The number of carbonyl (C=O) groups excluding carboxylic acids is 1. The molecule has 0 radical (unpaired) electrons. The number of hydrogen-bond acceptors (Lipinski definition) is 2. The molecule has 76 valence electrons. The van der Waals surface area contributed by atoms with Gasteiger partial charge in [0.05, 0.1) is 25.1 Å². The van der Waals surface area contributed by atoms with E-state index in [0.717, 1.165) is 4.90 Å². The Kier molecular flexibility index (Phi) is 2.32. The van der Waals surface area contributed by atoms with Crippen molar-refractivity contribution < 1.29 is 18.7 Å². The molecule has 0 bridgehead atoms. The maximum atomic E-state index is 12.3.